The maximum atomic E-state index is 13.5. The topological polar surface area (TPSA) is 70.6 Å². The molecule has 0 aliphatic heterocycles. The van der Waals surface area contributed by atoms with Gasteiger partial charge in [-0.3, -0.25) is 0 Å². The number of hydrogen-bond donors (Lipinski definition) is 3. The van der Waals surface area contributed by atoms with Gasteiger partial charge in [0.2, 0.25) is 0 Å². The molecule has 1 aromatic rings. The summed E-state index contributed by atoms with van der Waals surface area (Å²) in [7, 11) is 0. The monoisotopic (exact) mass is 279 g/mol. The molecule has 0 atom stereocenters. The molecule has 0 unspecified atom stereocenters. The van der Waals surface area contributed by atoms with Gasteiger partial charge in [0, 0.05) is 18.7 Å². The second-order valence-corrected chi connectivity index (χ2v) is 5.95. The highest BCUT2D eigenvalue weighted by molar-refractivity contribution is 5.97. The molecule has 1 saturated carbocycles. The lowest BCUT2D eigenvalue weighted by atomic mass is 9.89. The molecule has 0 heterocycles. The van der Waals surface area contributed by atoms with E-state index in [0.717, 1.165) is 12.1 Å². The maximum absolute atomic E-state index is 13.5. The minimum absolute atomic E-state index is 0.0755. The first-order valence-corrected chi connectivity index (χ1v) is 7.00. The summed E-state index contributed by atoms with van der Waals surface area (Å²) >= 11 is 0. The molecule has 20 heavy (non-hydrogen) atoms. The Labute approximate surface area is 118 Å². The summed E-state index contributed by atoms with van der Waals surface area (Å²) in [5.41, 5.74) is 7.06. The number of amidine groups is 1. The van der Waals surface area contributed by atoms with Crippen molar-refractivity contribution in [3.63, 3.8) is 0 Å². The Morgan fingerprint density at radius 3 is 2.75 bits per heavy atom. The van der Waals surface area contributed by atoms with E-state index >= 15 is 0 Å². The average Bonchev–Trinajstić information content (AvgIpc) is 2.84. The van der Waals surface area contributed by atoms with Gasteiger partial charge in [0.1, 0.15) is 5.82 Å². The number of oxime groups is 1. The molecule has 4 N–H and O–H groups in total. The molecule has 0 spiro atoms. The Bertz CT molecular complexity index is 496. The van der Waals surface area contributed by atoms with Crippen LogP contribution in [0.4, 0.5) is 4.39 Å². The number of benzene rings is 1. The molecule has 1 aliphatic carbocycles. The van der Waals surface area contributed by atoms with Crippen LogP contribution in [0.15, 0.2) is 23.4 Å². The second-order valence-electron chi connectivity index (χ2n) is 5.95. The lowest BCUT2D eigenvalue weighted by molar-refractivity contribution is 0.314. The Balaban J connectivity index is 1.97. The van der Waals surface area contributed by atoms with Gasteiger partial charge in [-0.2, -0.15) is 0 Å². The van der Waals surface area contributed by atoms with Crippen LogP contribution in [0.1, 0.15) is 43.7 Å². The van der Waals surface area contributed by atoms with E-state index < -0.39 is 0 Å². The number of hydrogen-bond acceptors (Lipinski definition) is 3. The van der Waals surface area contributed by atoms with Crippen molar-refractivity contribution in [3.8, 4) is 0 Å². The third-order valence-electron chi connectivity index (χ3n) is 4.05. The van der Waals surface area contributed by atoms with Crippen molar-refractivity contribution >= 4 is 5.84 Å². The fourth-order valence-corrected chi connectivity index (χ4v) is 2.87. The van der Waals surface area contributed by atoms with E-state index in [1.54, 1.807) is 6.07 Å². The van der Waals surface area contributed by atoms with Gasteiger partial charge in [-0.05, 0) is 42.0 Å². The van der Waals surface area contributed by atoms with Crippen LogP contribution in [-0.2, 0) is 6.54 Å². The highest BCUT2D eigenvalue weighted by Gasteiger charge is 2.27. The van der Waals surface area contributed by atoms with Gasteiger partial charge in [0.25, 0.3) is 0 Å². The summed E-state index contributed by atoms with van der Waals surface area (Å²) in [6.07, 6.45) is 5.09. The van der Waals surface area contributed by atoms with Crippen LogP contribution in [0, 0.1) is 11.2 Å². The quantitative estimate of drug-likeness (QED) is 0.336. The zero-order valence-electron chi connectivity index (χ0n) is 11.8. The number of nitrogens with two attached hydrogens (primary N) is 1. The molecule has 0 bridgehead atoms. The zero-order valence-corrected chi connectivity index (χ0v) is 11.8. The third kappa shape index (κ3) is 3.70. The smallest absolute Gasteiger partial charge is 0.170 e. The third-order valence-corrected chi connectivity index (χ3v) is 4.05. The van der Waals surface area contributed by atoms with E-state index in [2.05, 4.69) is 17.4 Å². The summed E-state index contributed by atoms with van der Waals surface area (Å²) < 4.78 is 13.5. The van der Waals surface area contributed by atoms with Crippen LogP contribution in [0.5, 0.6) is 0 Å². The number of nitrogens with one attached hydrogen (secondary N) is 1. The van der Waals surface area contributed by atoms with Crippen molar-refractivity contribution in [1.82, 2.24) is 5.32 Å². The Morgan fingerprint density at radius 1 is 1.40 bits per heavy atom. The van der Waals surface area contributed by atoms with Gasteiger partial charge in [-0.25, -0.2) is 4.39 Å². The van der Waals surface area contributed by atoms with Gasteiger partial charge >= 0.3 is 0 Å². The van der Waals surface area contributed by atoms with Crippen molar-refractivity contribution in [3.05, 3.63) is 35.1 Å². The molecule has 4 nitrogen and oxygen atoms in total. The first-order chi connectivity index (χ1) is 9.52. The Kier molecular flexibility index (Phi) is 4.60. The highest BCUT2D eigenvalue weighted by atomic mass is 19.1. The van der Waals surface area contributed by atoms with Crippen LogP contribution in [-0.4, -0.2) is 17.6 Å². The molecule has 0 radical (unpaired) electrons. The van der Waals surface area contributed by atoms with Crippen molar-refractivity contribution in [2.24, 2.45) is 16.3 Å². The summed E-state index contributed by atoms with van der Waals surface area (Å²) in [5, 5.41) is 14.9. The second kappa shape index (κ2) is 6.22. The van der Waals surface area contributed by atoms with Crippen molar-refractivity contribution < 1.29 is 9.60 Å². The molecule has 2 rings (SSSR count). The first-order valence-electron chi connectivity index (χ1n) is 7.00. The predicted molar refractivity (Wildman–Crippen MR) is 77.2 cm³/mol. The van der Waals surface area contributed by atoms with E-state index in [-0.39, 0.29) is 11.7 Å². The number of rotatable bonds is 5. The van der Waals surface area contributed by atoms with Crippen molar-refractivity contribution in [1.29, 1.82) is 0 Å². The molecule has 1 aliphatic rings. The Hall–Kier alpha value is -1.62. The van der Waals surface area contributed by atoms with E-state index in [1.807, 2.05) is 0 Å². The van der Waals surface area contributed by atoms with Gasteiger partial charge in [-0.15, -0.1) is 0 Å². The molecule has 5 heteroatoms. The highest BCUT2D eigenvalue weighted by Crippen LogP contribution is 2.36. The largest absolute Gasteiger partial charge is 0.409 e. The average molecular weight is 279 g/mol. The lowest BCUT2D eigenvalue weighted by Crippen LogP contribution is -2.29. The standard InChI is InChI=1S/C15H22FN3O/c1-15(4-2-3-5-15)10-18-9-11-6-12(14(17)19-20)8-13(16)7-11/h6-8,18,20H,2-5,9-10H2,1H3,(H2,17,19). The Morgan fingerprint density at radius 2 is 2.10 bits per heavy atom. The van der Waals surface area contributed by atoms with Gasteiger partial charge in [0.05, 0.1) is 0 Å². The van der Waals surface area contributed by atoms with Gasteiger partial charge < -0.3 is 16.3 Å². The van der Waals surface area contributed by atoms with Crippen LogP contribution >= 0.6 is 0 Å². The molecule has 0 saturated heterocycles. The van der Waals surface area contributed by atoms with Crippen molar-refractivity contribution in [2.45, 2.75) is 39.2 Å². The lowest BCUT2D eigenvalue weighted by Gasteiger charge is -2.23. The SMILES string of the molecule is CC1(CNCc2cc(F)cc(/C(N)=N/O)c2)CCCC1. The summed E-state index contributed by atoms with van der Waals surface area (Å²) in [6.45, 7) is 3.81. The van der Waals surface area contributed by atoms with Crippen LogP contribution in [0.25, 0.3) is 0 Å². The summed E-state index contributed by atoms with van der Waals surface area (Å²) in [4.78, 5) is 0. The molecular weight excluding hydrogens is 257 g/mol. The van der Waals surface area contributed by atoms with Gasteiger partial charge in [0.15, 0.2) is 5.84 Å². The van der Waals surface area contributed by atoms with Crippen LogP contribution < -0.4 is 11.1 Å². The number of halogens is 1. The zero-order chi connectivity index (χ0) is 14.6. The van der Waals surface area contributed by atoms with Crippen LogP contribution in [0.3, 0.4) is 0 Å². The normalized spacial score (nSPS) is 18.4. The predicted octanol–water partition coefficient (Wildman–Crippen LogP) is 2.59. The minimum Gasteiger partial charge on any atom is -0.409 e. The number of nitrogens with zero attached hydrogens (tertiary/aromatic N) is 1. The summed E-state index contributed by atoms with van der Waals surface area (Å²) in [6, 6.07) is 4.47. The molecule has 0 aromatic heterocycles. The van der Waals surface area contributed by atoms with E-state index in [1.165, 1.54) is 37.8 Å². The molecule has 1 fully saturated rings. The maximum Gasteiger partial charge on any atom is 0.170 e. The van der Waals surface area contributed by atoms with E-state index in [9.17, 15) is 4.39 Å². The first kappa shape index (κ1) is 14.8. The fourth-order valence-electron chi connectivity index (χ4n) is 2.87. The van der Waals surface area contributed by atoms with Crippen molar-refractivity contribution in [2.75, 3.05) is 6.54 Å². The molecular formula is C15H22FN3O. The molecule has 0 amide bonds. The van der Waals surface area contributed by atoms with Gasteiger partial charge in [-0.1, -0.05) is 24.9 Å². The van der Waals surface area contributed by atoms with Crippen LogP contribution in [0.2, 0.25) is 0 Å². The van der Waals surface area contributed by atoms with E-state index in [4.69, 9.17) is 10.9 Å². The fraction of sp³-hybridized carbons (Fsp3) is 0.533. The molecule has 110 valence electrons. The summed E-state index contributed by atoms with van der Waals surface area (Å²) in [5.74, 6) is -0.452. The van der Waals surface area contributed by atoms with E-state index in [0.29, 0.717) is 17.5 Å². The minimum atomic E-state index is -0.377. The molecule has 1 aromatic carbocycles.